The van der Waals surface area contributed by atoms with E-state index in [0.29, 0.717) is 0 Å². The lowest BCUT2D eigenvalue weighted by Crippen LogP contribution is -2.24. The van der Waals surface area contributed by atoms with Crippen LogP contribution in [0.4, 0.5) is 0 Å². The molecule has 2 heteroatoms. The molecule has 1 heterocycles. The van der Waals surface area contributed by atoms with Crippen LogP contribution in [0.15, 0.2) is 84.4 Å². The zero-order valence-corrected chi connectivity index (χ0v) is 12.3. The molecule has 0 atom stereocenters. The lowest BCUT2D eigenvalue weighted by molar-refractivity contribution is 0.0725. The number of hydrogen-bond acceptors (Lipinski definition) is 1. The third kappa shape index (κ3) is 2.47. The second kappa shape index (κ2) is 5.75. The number of rotatable bonds is 3. The molecule has 0 radical (unpaired) electrons. The molecule has 3 rings (SSSR count). The summed E-state index contributed by atoms with van der Waals surface area (Å²) in [6.07, 6.45) is 4.36. The Morgan fingerprint density at radius 3 is 1.90 bits per heavy atom. The van der Waals surface area contributed by atoms with Crippen LogP contribution < -0.4 is 5.30 Å². The average Bonchev–Trinajstić information content (AvgIpc) is 2.56. The minimum absolute atomic E-state index is 0.362. The molecule has 0 N–H and O–H groups in total. The van der Waals surface area contributed by atoms with Gasteiger partial charge in [0.05, 0.1) is 0 Å². The van der Waals surface area contributed by atoms with Gasteiger partial charge in [-0.05, 0) is 30.9 Å². The smallest absolute Gasteiger partial charge is 0.130 e. The molecule has 0 aromatic heterocycles. The van der Waals surface area contributed by atoms with Crippen molar-refractivity contribution >= 4 is 13.2 Å². The van der Waals surface area contributed by atoms with Crippen LogP contribution in [0.1, 0.15) is 5.56 Å². The molecule has 1 aliphatic heterocycles. The van der Waals surface area contributed by atoms with Crippen LogP contribution in [0.5, 0.6) is 0 Å². The van der Waals surface area contributed by atoms with Crippen LogP contribution in [-0.2, 0) is 10.3 Å². The molecule has 0 unspecified atom stereocenters. The van der Waals surface area contributed by atoms with E-state index < -0.39 is 5.60 Å². The fourth-order valence-electron chi connectivity index (χ4n) is 2.40. The first-order valence-corrected chi connectivity index (χ1v) is 8.15. The Balaban J connectivity index is 1.91. The van der Waals surface area contributed by atoms with E-state index in [4.69, 9.17) is 4.74 Å². The average molecular weight is 280 g/mol. The van der Waals surface area contributed by atoms with Gasteiger partial charge in [0.2, 0.25) is 0 Å². The lowest BCUT2D eigenvalue weighted by Gasteiger charge is -2.30. The Hall–Kier alpha value is -1.69. The Kier molecular flexibility index (Phi) is 3.82. The maximum Gasteiger partial charge on any atom is 0.130 e. The quantitative estimate of drug-likeness (QED) is 0.758. The molecule has 0 saturated heterocycles. The SMILES string of the molecule is COC1(c2ccccc2)C=CP(c2ccccc2)C=C1. The highest BCUT2D eigenvalue weighted by molar-refractivity contribution is 7.71. The molecule has 0 aliphatic carbocycles. The summed E-state index contributed by atoms with van der Waals surface area (Å²) in [6.45, 7) is 0. The Morgan fingerprint density at radius 1 is 0.800 bits per heavy atom. The number of ether oxygens (including phenoxy) is 1. The van der Waals surface area contributed by atoms with Crippen molar-refractivity contribution < 1.29 is 4.74 Å². The van der Waals surface area contributed by atoms with Gasteiger partial charge in [-0.1, -0.05) is 72.3 Å². The van der Waals surface area contributed by atoms with Gasteiger partial charge in [0.15, 0.2) is 0 Å². The molecule has 0 spiro atoms. The van der Waals surface area contributed by atoms with Crippen LogP contribution in [0.3, 0.4) is 0 Å². The van der Waals surface area contributed by atoms with Gasteiger partial charge in [-0.3, -0.25) is 0 Å². The molecule has 0 amide bonds. The molecule has 0 fully saturated rings. The molecule has 1 nitrogen and oxygen atoms in total. The van der Waals surface area contributed by atoms with E-state index >= 15 is 0 Å². The van der Waals surface area contributed by atoms with Crippen molar-refractivity contribution in [2.45, 2.75) is 5.60 Å². The largest absolute Gasteiger partial charge is 0.365 e. The van der Waals surface area contributed by atoms with E-state index in [1.807, 2.05) is 18.2 Å². The van der Waals surface area contributed by atoms with Crippen molar-refractivity contribution in [1.82, 2.24) is 0 Å². The topological polar surface area (TPSA) is 9.23 Å². The third-order valence-corrected chi connectivity index (χ3v) is 5.42. The summed E-state index contributed by atoms with van der Waals surface area (Å²) in [7, 11) is 1.40. The molecule has 1 aliphatic rings. The van der Waals surface area contributed by atoms with Gasteiger partial charge >= 0.3 is 0 Å². The summed E-state index contributed by atoms with van der Waals surface area (Å²) >= 11 is 0. The molecule has 100 valence electrons. The van der Waals surface area contributed by atoms with E-state index in [9.17, 15) is 0 Å². The van der Waals surface area contributed by atoms with Gasteiger partial charge in [0.1, 0.15) is 5.60 Å². The molecule has 2 aromatic carbocycles. The van der Waals surface area contributed by atoms with Gasteiger partial charge in [-0.2, -0.15) is 0 Å². The zero-order valence-electron chi connectivity index (χ0n) is 11.4. The fourth-order valence-corrected chi connectivity index (χ4v) is 4.13. The van der Waals surface area contributed by atoms with E-state index in [-0.39, 0.29) is 7.92 Å². The van der Waals surface area contributed by atoms with Gasteiger partial charge in [-0.15, -0.1) is 0 Å². The molecular weight excluding hydrogens is 263 g/mol. The normalized spacial score (nSPS) is 24.8. The summed E-state index contributed by atoms with van der Waals surface area (Å²) in [5.41, 5.74) is 0.743. The van der Waals surface area contributed by atoms with E-state index in [0.717, 1.165) is 5.56 Å². The number of hydrogen-bond donors (Lipinski definition) is 0. The first-order valence-electron chi connectivity index (χ1n) is 6.67. The van der Waals surface area contributed by atoms with Crippen LogP contribution in [0.2, 0.25) is 0 Å². The summed E-state index contributed by atoms with van der Waals surface area (Å²) < 4.78 is 5.79. The van der Waals surface area contributed by atoms with Crippen molar-refractivity contribution in [3.05, 3.63) is 90.0 Å². The second-order valence-corrected chi connectivity index (χ2v) is 6.66. The molecule has 0 saturated carbocycles. The molecule has 20 heavy (non-hydrogen) atoms. The van der Waals surface area contributed by atoms with Gasteiger partial charge in [0.25, 0.3) is 0 Å². The lowest BCUT2D eigenvalue weighted by atomic mass is 9.94. The van der Waals surface area contributed by atoms with Crippen LogP contribution in [0, 0.1) is 0 Å². The fraction of sp³-hybridized carbons (Fsp3) is 0.111. The van der Waals surface area contributed by atoms with Crippen LogP contribution >= 0.6 is 7.92 Å². The zero-order chi connectivity index (χ0) is 13.8. The Labute approximate surface area is 121 Å². The highest BCUT2D eigenvalue weighted by atomic mass is 31.1. The van der Waals surface area contributed by atoms with Gasteiger partial charge < -0.3 is 4.74 Å². The monoisotopic (exact) mass is 280 g/mol. The van der Waals surface area contributed by atoms with Crippen LogP contribution in [0.25, 0.3) is 0 Å². The second-order valence-electron chi connectivity index (χ2n) is 4.74. The third-order valence-electron chi connectivity index (χ3n) is 3.58. The first-order chi connectivity index (χ1) is 9.84. The van der Waals surface area contributed by atoms with Crippen LogP contribution in [-0.4, -0.2) is 7.11 Å². The minimum Gasteiger partial charge on any atom is -0.365 e. The van der Waals surface area contributed by atoms with Crippen molar-refractivity contribution in [3.63, 3.8) is 0 Å². The van der Waals surface area contributed by atoms with Crippen molar-refractivity contribution in [1.29, 1.82) is 0 Å². The van der Waals surface area contributed by atoms with Gasteiger partial charge in [0, 0.05) is 7.11 Å². The highest BCUT2D eigenvalue weighted by Gasteiger charge is 2.28. The summed E-state index contributed by atoms with van der Waals surface area (Å²) in [5, 5.41) is 1.37. The van der Waals surface area contributed by atoms with E-state index in [2.05, 4.69) is 66.3 Å². The first kappa shape index (κ1) is 13.3. The predicted octanol–water partition coefficient (Wildman–Crippen LogP) is 4.38. The summed E-state index contributed by atoms with van der Waals surface area (Å²) in [6, 6.07) is 20.9. The Morgan fingerprint density at radius 2 is 1.35 bits per heavy atom. The van der Waals surface area contributed by atoms with Gasteiger partial charge in [-0.25, -0.2) is 0 Å². The van der Waals surface area contributed by atoms with E-state index in [1.165, 1.54) is 5.30 Å². The van der Waals surface area contributed by atoms with Crippen molar-refractivity contribution in [2.24, 2.45) is 0 Å². The highest BCUT2D eigenvalue weighted by Crippen LogP contribution is 2.45. The van der Waals surface area contributed by atoms with Crippen molar-refractivity contribution in [3.8, 4) is 0 Å². The summed E-state index contributed by atoms with van der Waals surface area (Å²) in [4.78, 5) is 0. The molecule has 0 bridgehead atoms. The minimum atomic E-state index is -0.422. The predicted molar refractivity (Wildman–Crippen MR) is 86.4 cm³/mol. The Bertz CT molecular complexity index is 602. The maximum absolute atomic E-state index is 5.79. The standard InChI is InChI=1S/C18H17OP/c1-19-18(16-8-4-2-5-9-16)12-14-20(15-13-18)17-10-6-3-7-11-17/h2-15H,1H3. The molecular formula is C18H17OP. The van der Waals surface area contributed by atoms with E-state index in [1.54, 1.807) is 7.11 Å². The summed E-state index contributed by atoms with van der Waals surface area (Å²) in [5.74, 6) is 4.56. The number of benzene rings is 2. The van der Waals surface area contributed by atoms with Crippen molar-refractivity contribution in [2.75, 3.05) is 7.11 Å². The molecule has 2 aromatic rings. The number of methoxy groups -OCH3 is 1. The maximum atomic E-state index is 5.79.